The maximum absolute atomic E-state index is 13.1. The van der Waals surface area contributed by atoms with Crippen molar-refractivity contribution in [1.82, 2.24) is 10.6 Å². The lowest BCUT2D eigenvalue weighted by Crippen LogP contribution is -2.61. The summed E-state index contributed by atoms with van der Waals surface area (Å²) < 4.78 is 11.5. The zero-order valence-corrected chi connectivity index (χ0v) is 39.4. The Hall–Kier alpha value is -1.60. The molecule has 1 heterocycles. The van der Waals surface area contributed by atoms with Crippen LogP contribution in [0, 0.1) is 0 Å². The number of aliphatic hydroxyl groups excluding tert-OH is 5. The van der Waals surface area contributed by atoms with Gasteiger partial charge in [0, 0.05) is 19.9 Å². The van der Waals surface area contributed by atoms with Crippen molar-refractivity contribution in [3.05, 3.63) is 12.2 Å². The molecule has 1 aliphatic rings. The third-order valence-corrected chi connectivity index (χ3v) is 12.3. The van der Waals surface area contributed by atoms with E-state index in [1.807, 2.05) is 0 Å². The summed E-state index contributed by atoms with van der Waals surface area (Å²) in [7, 11) is 0. The molecule has 61 heavy (non-hydrogen) atoms. The van der Waals surface area contributed by atoms with Gasteiger partial charge in [0.25, 0.3) is 0 Å². The monoisotopic (exact) mass is 869 g/mol. The second kappa shape index (κ2) is 40.0. The van der Waals surface area contributed by atoms with E-state index in [1.165, 1.54) is 155 Å². The number of amides is 2. The van der Waals surface area contributed by atoms with Crippen LogP contribution in [0.15, 0.2) is 12.2 Å². The molecule has 3 unspecified atom stereocenters. The number of unbranched alkanes of at least 4 members (excludes halogenated alkanes) is 28. The predicted octanol–water partition coefficient (Wildman–Crippen LogP) is 9.62. The van der Waals surface area contributed by atoms with Gasteiger partial charge in [0.2, 0.25) is 11.8 Å². The van der Waals surface area contributed by atoms with Gasteiger partial charge in [0.15, 0.2) is 6.29 Å². The fraction of sp³-hybridized carbons (Fsp3) is 0.920. The molecule has 0 spiro atoms. The van der Waals surface area contributed by atoms with Gasteiger partial charge in [-0.25, -0.2) is 0 Å². The molecular formula is C50H96N2O9. The van der Waals surface area contributed by atoms with Crippen LogP contribution in [0.1, 0.15) is 233 Å². The van der Waals surface area contributed by atoms with Crippen LogP contribution in [0.2, 0.25) is 0 Å². The van der Waals surface area contributed by atoms with Crippen LogP contribution in [0.3, 0.4) is 0 Å². The van der Waals surface area contributed by atoms with Crippen LogP contribution >= 0.6 is 0 Å². The summed E-state index contributed by atoms with van der Waals surface area (Å²) in [4.78, 5) is 24.6. The highest BCUT2D eigenvalue weighted by atomic mass is 16.7. The molecule has 1 saturated heterocycles. The van der Waals surface area contributed by atoms with E-state index in [0.29, 0.717) is 12.8 Å². The molecule has 0 aliphatic carbocycles. The summed E-state index contributed by atoms with van der Waals surface area (Å²) in [5.74, 6) is -0.613. The quantitative estimate of drug-likeness (QED) is 0.0233. The summed E-state index contributed by atoms with van der Waals surface area (Å²) in [6, 6.07) is -1.00. The zero-order valence-electron chi connectivity index (χ0n) is 39.4. The summed E-state index contributed by atoms with van der Waals surface area (Å²) in [6.45, 7) is 5.39. The molecule has 8 atom stereocenters. The Morgan fingerprint density at radius 2 is 1.02 bits per heavy atom. The van der Waals surface area contributed by atoms with Gasteiger partial charge >= 0.3 is 0 Å². The normalized spacial score (nSPS) is 20.8. The van der Waals surface area contributed by atoms with Crippen molar-refractivity contribution in [1.29, 1.82) is 0 Å². The predicted molar refractivity (Wildman–Crippen MR) is 248 cm³/mol. The minimum atomic E-state index is -1.61. The van der Waals surface area contributed by atoms with Crippen LogP contribution in [-0.2, 0) is 19.1 Å². The highest BCUT2D eigenvalue weighted by molar-refractivity contribution is 5.76. The minimum Gasteiger partial charge on any atom is -0.390 e. The number of aliphatic hydroxyl groups is 5. The average molecular weight is 869 g/mol. The van der Waals surface area contributed by atoms with E-state index in [2.05, 4.69) is 36.6 Å². The number of hydrogen-bond acceptors (Lipinski definition) is 9. The first-order valence-electron chi connectivity index (χ1n) is 25.5. The van der Waals surface area contributed by atoms with Crippen molar-refractivity contribution in [3.8, 4) is 0 Å². The third-order valence-electron chi connectivity index (χ3n) is 12.3. The number of carbonyl (C=O) groups excluding carboxylic acids is 2. The third kappa shape index (κ3) is 31.0. The number of hydrogen-bond donors (Lipinski definition) is 7. The van der Waals surface area contributed by atoms with Crippen LogP contribution < -0.4 is 10.6 Å². The SMILES string of the molecule is CCCCCCCC/C=C\CCCCCCCCCCCCCC(=O)NC(CO[C@H]1OC(CNC(C)=O)[C@H](O)[C@H](O)C1O)[C@H](O)[C@H](O)CCCCCCCCCCCCCC. The van der Waals surface area contributed by atoms with Gasteiger partial charge in [-0.2, -0.15) is 0 Å². The van der Waals surface area contributed by atoms with Crippen molar-refractivity contribution in [2.45, 2.75) is 282 Å². The number of nitrogens with one attached hydrogen (secondary N) is 2. The van der Waals surface area contributed by atoms with Crippen molar-refractivity contribution >= 4 is 11.8 Å². The van der Waals surface area contributed by atoms with E-state index in [4.69, 9.17) is 9.47 Å². The molecule has 11 nitrogen and oxygen atoms in total. The number of ether oxygens (including phenoxy) is 2. The van der Waals surface area contributed by atoms with Crippen molar-refractivity contribution < 1.29 is 44.6 Å². The van der Waals surface area contributed by atoms with E-state index in [1.54, 1.807) is 0 Å². The Bertz CT molecular complexity index is 1050. The lowest BCUT2D eigenvalue weighted by atomic mass is 9.98. The van der Waals surface area contributed by atoms with Gasteiger partial charge in [0.05, 0.1) is 18.8 Å². The fourth-order valence-corrected chi connectivity index (χ4v) is 8.22. The highest BCUT2D eigenvalue weighted by Crippen LogP contribution is 2.23. The average Bonchev–Trinajstić information content (AvgIpc) is 3.24. The second-order valence-electron chi connectivity index (χ2n) is 18.2. The van der Waals surface area contributed by atoms with E-state index in [0.717, 1.165) is 44.9 Å². The van der Waals surface area contributed by atoms with E-state index >= 15 is 0 Å². The number of carbonyl (C=O) groups is 2. The minimum absolute atomic E-state index is 0.113. The molecule has 0 aromatic heterocycles. The first kappa shape index (κ1) is 57.4. The van der Waals surface area contributed by atoms with Gasteiger partial charge < -0.3 is 45.6 Å². The van der Waals surface area contributed by atoms with Crippen molar-refractivity contribution in [3.63, 3.8) is 0 Å². The van der Waals surface area contributed by atoms with Gasteiger partial charge in [-0.1, -0.05) is 193 Å². The molecule has 0 aromatic carbocycles. The number of rotatable bonds is 42. The Balaban J connectivity index is 2.41. The first-order valence-corrected chi connectivity index (χ1v) is 25.5. The molecule has 11 heteroatoms. The van der Waals surface area contributed by atoms with E-state index in [-0.39, 0.29) is 31.4 Å². The molecule has 1 rings (SSSR count). The standard InChI is InChI=1S/C50H96N2O9/c1-4-6-8-10-12-14-16-18-19-20-21-22-23-24-25-26-28-30-32-34-36-38-45(55)52-42(40-60-50-49(59)48(58)47(57)44(61-50)39-51-41(3)53)46(56)43(54)37-35-33-31-29-27-17-15-13-11-9-7-5-2/h18-19,42-44,46-50,54,56-59H,4-17,20-40H2,1-3H3,(H,51,53)(H,52,55)/b19-18-/t42?,43-,44?,46+,47+,48+,49?,50+/m1/s1. The van der Waals surface area contributed by atoms with Crippen molar-refractivity contribution in [2.75, 3.05) is 13.2 Å². The maximum atomic E-state index is 13.1. The summed E-state index contributed by atoms with van der Waals surface area (Å²) in [5, 5.41) is 59.1. The van der Waals surface area contributed by atoms with Gasteiger partial charge in [-0.05, 0) is 38.5 Å². The van der Waals surface area contributed by atoms with Crippen LogP contribution in [0.5, 0.6) is 0 Å². The molecular weight excluding hydrogens is 773 g/mol. The number of allylic oxidation sites excluding steroid dienone is 2. The highest BCUT2D eigenvalue weighted by Gasteiger charge is 2.45. The molecule has 1 aliphatic heterocycles. The van der Waals surface area contributed by atoms with Gasteiger partial charge in [0.1, 0.15) is 30.5 Å². The molecule has 0 aromatic rings. The maximum Gasteiger partial charge on any atom is 0.220 e. The molecule has 2 amide bonds. The lowest BCUT2D eigenvalue weighted by molar-refractivity contribution is -0.297. The largest absolute Gasteiger partial charge is 0.390 e. The van der Waals surface area contributed by atoms with Gasteiger partial charge in [-0.15, -0.1) is 0 Å². The van der Waals surface area contributed by atoms with Crippen molar-refractivity contribution in [2.24, 2.45) is 0 Å². The van der Waals surface area contributed by atoms with Crippen LogP contribution in [0.25, 0.3) is 0 Å². The summed E-state index contributed by atoms with van der Waals surface area (Å²) >= 11 is 0. The summed E-state index contributed by atoms with van der Waals surface area (Å²) in [5.41, 5.74) is 0. The lowest BCUT2D eigenvalue weighted by Gasteiger charge is -2.41. The van der Waals surface area contributed by atoms with E-state index in [9.17, 15) is 35.1 Å². The van der Waals surface area contributed by atoms with Crippen LogP contribution in [-0.4, -0.2) is 99.5 Å². The molecule has 0 radical (unpaired) electrons. The first-order chi connectivity index (χ1) is 29.6. The molecule has 0 bridgehead atoms. The zero-order chi connectivity index (χ0) is 44.8. The van der Waals surface area contributed by atoms with E-state index < -0.39 is 49.0 Å². The second-order valence-corrected chi connectivity index (χ2v) is 18.2. The fourth-order valence-electron chi connectivity index (χ4n) is 8.22. The molecule has 0 saturated carbocycles. The smallest absolute Gasteiger partial charge is 0.220 e. The Labute approximate surface area is 373 Å². The molecule has 360 valence electrons. The summed E-state index contributed by atoms with van der Waals surface area (Å²) in [6.07, 6.45) is 33.6. The Morgan fingerprint density at radius 3 is 1.48 bits per heavy atom. The topological polar surface area (TPSA) is 178 Å². The molecule has 7 N–H and O–H groups in total. The van der Waals surface area contributed by atoms with Crippen LogP contribution in [0.4, 0.5) is 0 Å². The molecule has 1 fully saturated rings. The van der Waals surface area contributed by atoms with Gasteiger partial charge in [-0.3, -0.25) is 9.59 Å². The Morgan fingerprint density at radius 1 is 0.590 bits per heavy atom. The Kier molecular flexibility index (Phi) is 37.6.